The number of methoxy groups -OCH3 is 1. The van der Waals surface area contributed by atoms with Crippen molar-refractivity contribution in [2.75, 3.05) is 7.11 Å². The van der Waals surface area contributed by atoms with Gasteiger partial charge in [0.2, 0.25) is 5.88 Å². The fraction of sp³-hybridized carbons (Fsp3) is 0.143. The second-order valence-electron chi connectivity index (χ2n) is 3.96. The minimum absolute atomic E-state index is 0.251. The van der Waals surface area contributed by atoms with Gasteiger partial charge < -0.3 is 9.47 Å². The summed E-state index contributed by atoms with van der Waals surface area (Å²) in [6.45, 7) is 0. The van der Waals surface area contributed by atoms with Gasteiger partial charge in [-0.3, -0.25) is 0 Å². The van der Waals surface area contributed by atoms with Gasteiger partial charge in [0.05, 0.1) is 24.4 Å². The Hall–Kier alpha value is -1.48. The molecule has 0 spiro atoms. The van der Waals surface area contributed by atoms with Gasteiger partial charge in [-0.15, -0.1) is 0 Å². The number of hydrogen-bond donors (Lipinski definition) is 0. The van der Waals surface area contributed by atoms with Crippen LogP contribution >= 0.6 is 39.1 Å². The van der Waals surface area contributed by atoms with Crippen LogP contribution in [0.15, 0.2) is 24.3 Å². The number of alkyl halides is 1. The van der Waals surface area contributed by atoms with Crippen LogP contribution in [0.2, 0.25) is 10.0 Å². The van der Waals surface area contributed by atoms with Crippen LogP contribution in [-0.2, 0) is 5.33 Å². The van der Waals surface area contributed by atoms with E-state index in [9.17, 15) is 0 Å². The molecule has 2 aromatic rings. The highest BCUT2D eigenvalue weighted by atomic mass is 79.9. The second-order valence-corrected chi connectivity index (χ2v) is 5.33. The van der Waals surface area contributed by atoms with E-state index in [1.165, 1.54) is 7.11 Å². The van der Waals surface area contributed by atoms with Crippen molar-refractivity contribution in [3.05, 3.63) is 45.6 Å². The lowest BCUT2D eigenvalue weighted by Crippen LogP contribution is -1.96. The quantitative estimate of drug-likeness (QED) is 0.696. The van der Waals surface area contributed by atoms with Crippen LogP contribution < -0.4 is 9.47 Å². The zero-order valence-electron chi connectivity index (χ0n) is 10.9. The number of rotatable bonds is 4. The number of hydrogen-bond acceptors (Lipinski definition) is 4. The standard InChI is InChI=1S/C14H9BrCl2N2O2/c1-20-14-13(17)12(5-10(6-15)19-14)21-11-3-8(7-18)2-9(16)4-11/h2-5H,6H2,1H3. The Morgan fingerprint density at radius 3 is 2.67 bits per heavy atom. The molecule has 1 heterocycles. The smallest absolute Gasteiger partial charge is 0.236 e. The lowest BCUT2D eigenvalue weighted by Gasteiger charge is -2.12. The molecule has 0 atom stereocenters. The summed E-state index contributed by atoms with van der Waals surface area (Å²) in [6.07, 6.45) is 0. The summed E-state index contributed by atoms with van der Waals surface area (Å²) in [7, 11) is 1.48. The van der Waals surface area contributed by atoms with Gasteiger partial charge in [0, 0.05) is 16.4 Å². The number of benzene rings is 1. The highest BCUT2D eigenvalue weighted by Crippen LogP contribution is 2.37. The molecule has 1 aromatic heterocycles. The molecule has 0 bridgehead atoms. The molecule has 7 heteroatoms. The molecule has 0 unspecified atom stereocenters. The fourth-order valence-corrected chi connectivity index (χ4v) is 2.35. The molecule has 0 aliphatic rings. The Kier molecular flexibility index (Phi) is 5.29. The van der Waals surface area contributed by atoms with E-state index in [1.54, 1.807) is 24.3 Å². The predicted octanol–water partition coefficient (Wildman–Crippen LogP) is 4.96. The summed E-state index contributed by atoms with van der Waals surface area (Å²) in [6, 6.07) is 8.42. The molecule has 0 amide bonds. The monoisotopic (exact) mass is 386 g/mol. The third-order valence-electron chi connectivity index (χ3n) is 2.51. The summed E-state index contributed by atoms with van der Waals surface area (Å²) in [5, 5.41) is 10.1. The van der Waals surface area contributed by atoms with Crippen molar-refractivity contribution in [1.29, 1.82) is 5.26 Å². The summed E-state index contributed by atoms with van der Waals surface area (Å²) >= 11 is 15.4. The summed E-state index contributed by atoms with van der Waals surface area (Å²) < 4.78 is 10.8. The number of nitriles is 1. The zero-order valence-corrected chi connectivity index (χ0v) is 14.0. The van der Waals surface area contributed by atoms with Gasteiger partial charge in [-0.25, -0.2) is 4.98 Å². The topological polar surface area (TPSA) is 55.1 Å². The van der Waals surface area contributed by atoms with E-state index in [2.05, 4.69) is 20.9 Å². The Balaban J connectivity index is 2.44. The van der Waals surface area contributed by atoms with Crippen LogP contribution in [0.5, 0.6) is 17.4 Å². The summed E-state index contributed by atoms with van der Waals surface area (Å²) in [5.41, 5.74) is 1.10. The van der Waals surface area contributed by atoms with E-state index >= 15 is 0 Å². The molecule has 0 N–H and O–H groups in total. The molecule has 0 fully saturated rings. The molecular formula is C14H9BrCl2N2O2. The molecule has 0 radical (unpaired) electrons. The van der Waals surface area contributed by atoms with E-state index in [4.69, 9.17) is 37.9 Å². The maximum atomic E-state index is 8.95. The highest BCUT2D eigenvalue weighted by molar-refractivity contribution is 9.08. The van der Waals surface area contributed by atoms with E-state index in [1.807, 2.05) is 6.07 Å². The molecule has 4 nitrogen and oxygen atoms in total. The first-order chi connectivity index (χ1) is 10.1. The van der Waals surface area contributed by atoms with Crippen LogP contribution in [0.4, 0.5) is 0 Å². The van der Waals surface area contributed by atoms with Gasteiger partial charge in [0.15, 0.2) is 5.75 Å². The third kappa shape index (κ3) is 3.79. The van der Waals surface area contributed by atoms with Crippen LogP contribution in [0.3, 0.4) is 0 Å². The molecule has 21 heavy (non-hydrogen) atoms. The van der Waals surface area contributed by atoms with Crippen molar-refractivity contribution in [2.45, 2.75) is 5.33 Å². The molecule has 0 aliphatic heterocycles. The molecule has 0 saturated heterocycles. The van der Waals surface area contributed by atoms with Gasteiger partial charge >= 0.3 is 0 Å². The van der Waals surface area contributed by atoms with E-state index in [0.717, 1.165) is 0 Å². The first-order valence-corrected chi connectivity index (χ1v) is 7.63. The maximum absolute atomic E-state index is 8.95. The SMILES string of the molecule is COc1nc(CBr)cc(Oc2cc(Cl)cc(C#N)c2)c1Cl. The maximum Gasteiger partial charge on any atom is 0.236 e. The Morgan fingerprint density at radius 2 is 2.05 bits per heavy atom. The predicted molar refractivity (Wildman–Crippen MR) is 84.7 cm³/mol. The molecule has 2 rings (SSSR count). The van der Waals surface area contributed by atoms with E-state index < -0.39 is 0 Å². The minimum atomic E-state index is 0.251. The Bertz CT molecular complexity index is 717. The summed E-state index contributed by atoms with van der Waals surface area (Å²) in [5.74, 6) is 1.06. The Labute approximate surface area is 140 Å². The number of nitrogens with zero attached hydrogens (tertiary/aromatic N) is 2. The molecular weight excluding hydrogens is 379 g/mol. The van der Waals surface area contributed by atoms with Crippen molar-refractivity contribution in [3.63, 3.8) is 0 Å². The van der Waals surface area contributed by atoms with Gasteiger partial charge in [0.1, 0.15) is 10.8 Å². The zero-order chi connectivity index (χ0) is 15.4. The largest absolute Gasteiger partial charge is 0.480 e. The number of halogens is 3. The van der Waals surface area contributed by atoms with E-state index in [0.29, 0.717) is 33.1 Å². The van der Waals surface area contributed by atoms with Gasteiger partial charge in [-0.2, -0.15) is 5.26 Å². The first kappa shape index (κ1) is 15.9. The van der Waals surface area contributed by atoms with Crippen molar-refractivity contribution >= 4 is 39.1 Å². The highest BCUT2D eigenvalue weighted by Gasteiger charge is 2.14. The first-order valence-electron chi connectivity index (χ1n) is 5.75. The van der Waals surface area contributed by atoms with Crippen molar-refractivity contribution in [3.8, 4) is 23.4 Å². The third-order valence-corrected chi connectivity index (χ3v) is 3.65. The molecule has 0 saturated carbocycles. The number of aromatic nitrogens is 1. The van der Waals surface area contributed by atoms with Crippen LogP contribution in [0.1, 0.15) is 11.3 Å². The van der Waals surface area contributed by atoms with E-state index in [-0.39, 0.29) is 10.9 Å². The number of pyridine rings is 1. The lowest BCUT2D eigenvalue weighted by molar-refractivity contribution is 0.391. The van der Waals surface area contributed by atoms with Crippen molar-refractivity contribution < 1.29 is 9.47 Å². The summed E-state index contributed by atoms with van der Waals surface area (Å²) in [4.78, 5) is 4.20. The van der Waals surface area contributed by atoms with Crippen molar-refractivity contribution in [1.82, 2.24) is 4.98 Å². The minimum Gasteiger partial charge on any atom is -0.480 e. The van der Waals surface area contributed by atoms with Crippen molar-refractivity contribution in [2.24, 2.45) is 0 Å². The van der Waals surface area contributed by atoms with Crippen LogP contribution in [-0.4, -0.2) is 12.1 Å². The molecule has 108 valence electrons. The molecule has 1 aromatic carbocycles. The van der Waals surface area contributed by atoms with Crippen LogP contribution in [0.25, 0.3) is 0 Å². The van der Waals surface area contributed by atoms with Crippen LogP contribution in [0, 0.1) is 11.3 Å². The lowest BCUT2D eigenvalue weighted by atomic mass is 10.2. The van der Waals surface area contributed by atoms with Gasteiger partial charge in [0.25, 0.3) is 0 Å². The second kappa shape index (κ2) is 6.99. The number of ether oxygens (including phenoxy) is 2. The van der Waals surface area contributed by atoms with Gasteiger partial charge in [-0.1, -0.05) is 39.1 Å². The molecule has 0 aliphatic carbocycles. The Morgan fingerprint density at radius 1 is 1.29 bits per heavy atom. The fourth-order valence-electron chi connectivity index (χ4n) is 1.62. The average molecular weight is 388 g/mol. The van der Waals surface area contributed by atoms with Gasteiger partial charge in [-0.05, 0) is 18.2 Å². The average Bonchev–Trinajstić information content (AvgIpc) is 2.48. The normalized spacial score (nSPS) is 10.0.